The van der Waals surface area contributed by atoms with E-state index in [4.69, 9.17) is 0 Å². The van der Waals surface area contributed by atoms with Crippen molar-refractivity contribution < 1.29 is 8.42 Å². The Bertz CT molecular complexity index is 636. The van der Waals surface area contributed by atoms with Gasteiger partial charge in [-0.15, -0.1) is 0 Å². The molecular weight excluding hydrogens is 316 g/mol. The number of aryl methyl sites for hydroxylation is 2. The topological polar surface area (TPSA) is 100 Å². The number of hydrogen-bond donors (Lipinski definition) is 3. The van der Waals surface area contributed by atoms with E-state index < -0.39 is 10.0 Å². The zero-order valence-corrected chi connectivity index (χ0v) is 15.4. The van der Waals surface area contributed by atoms with E-state index in [9.17, 15) is 8.42 Å². The van der Waals surface area contributed by atoms with Gasteiger partial charge in [0.25, 0.3) is 0 Å². The monoisotopic (exact) mass is 344 g/mol. The van der Waals surface area contributed by atoms with Crippen molar-refractivity contribution in [2.24, 2.45) is 12.0 Å². The summed E-state index contributed by atoms with van der Waals surface area (Å²) in [7, 11) is -1.24. The predicted octanol–water partition coefficient (Wildman–Crippen LogP) is 0.0313. The van der Waals surface area contributed by atoms with Crippen molar-refractivity contribution in [2.45, 2.75) is 34.2 Å². The normalized spacial score (nSPS) is 12.5. The highest BCUT2D eigenvalue weighted by Crippen LogP contribution is 2.12. The van der Waals surface area contributed by atoms with Gasteiger partial charge < -0.3 is 10.6 Å². The molecule has 0 saturated heterocycles. The van der Waals surface area contributed by atoms with Crippen LogP contribution in [0.3, 0.4) is 0 Å². The molecule has 0 unspecified atom stereocenters. The van der Waals surface area contributed by atoms with Gasteiger partial charge >= 0.3 is 0 Å². The van der Waals surface area contributed by atoms with E-state index in [-0.39, 0.29) is 5.75 Å². The highest BCUT2D eigenvalue weighted by atomic mass is 32.2. The molecule has 1 rings (SSSR count). The van der Waals surface area contributed by atoms with Crippen LogP contribution in [0, 0.1) is 13.8 Å². The van der Waals surface area contributed by atoms with Crippen molar-refractivity contribution >= 4 is 16.0 Å². The molecule has 3 N–H and O–H groups in total. The summed E-state index contributed by atoms with van der Waals surface area (Å²) in [6.45, 7) is 9.64. The zero-order chi connectivity index (χ0) is 17.5. The average Bonchev–Trinajstić information content (AvgIpc) is 2.74. The summed E-state index contributed by atoms with van der Waals surface area (Å²) in [6, 6.07) is 0. The second-order valence-electron chi connectivity index (χ2n) is 5.19. The maximum Gasteiger partial charge on any atom is 0.211 e. The van der Waals surface area contributed by atoms with E-state index in [0.29, 0.717) is 25.6 Å². The fourth-order valence-electron chi connectivity index (χ4n) is 2.04. The Kier molecular flexibility index (Phi) is 7.50. The quantitative estimate of drug-likeness (QED) is 0.351. The van der Waals surface area contributed by atoms with Crippen molar-refractivity contribution in [3.63, 3.8) is 0 Å². The van der Waals surface area contributed by atoms with Crippen LogP contribution < -0.4 is 15.4 Å². The summed E-state index contributed by atoms with van der Waals surface area (Å²) in [5.41, 5.74) is 3.18. The first-order chi connectivity index (χ1) is 10.8. The molecule has 0 radical (unpaired) electrons. The minimum atomic E-state index is -3.15. The molecular formula is C14H28N6O2S. The Labute approximate surface area is 138 Å². The molecule has 1 aromatic rings. The van der Waals surface area contributed by atoms with Gasteiger partial charge in [0.2, 0.25) is 10.0 Å². The molecule has 23 heavy (non-hydrogen) atoms. The zero-order valence-electron chi connectivity index (χ0n) is 14.6. The summed E-state index contributed by atoms with van der Waals surface area (Å²) >= 11 is 0. The standard InChI is InChI=1S/C14H28N6O2S/c1-6-15-14(16-8-9-18-23(21,22)7-2)17-10-13-11(3)19-20(5)12(13)4/h18H,6-10H2,1-5H3,(H2,15,16,17). The van der Waals surface area contributed by atoms with Crippen molar-refractivity contribution in [1.29, 1.82) is 0 Å². The number of rotatable bonds is 8. The van der Waals surface area contributed by atoms with Crippen LogP contribution in [-0.4, -0.2) is 49.5 Å². The first-order valence-corrected chi connectivity index (χ1v) is 9.44. The number of guanidine groups is 1. The Balaban J connectivity index is 2.60. The second-order valence-corrected chi connectivity index (χ2v) is 7.29. The van der Waals surface area contributed by atoms with Crippen LogP contribution in [0.15, 0.2) is 4.99 Å². The maximum atomic E-state index is 11.4. The molecule has 8 nitrogen and oxygen atoms in total. The van der Waals surface area contributed by atoms with Crippen LogP contribution in [0.2, 0.25) is 0 Å². The van der Waals surface area contributed by atoms with E-state index >= 15 is 0 Å². The third-order valence-corrected chi connectivity index (χ3v) is 4.92. The molecule has 0 saturated carbocycles. The van der Waals surface area contributed by atoms with Gasteiger partial charge in [0.15, 0.2) is 5.96 Å². The number of nitrogens with one attached hydrogen (secondary N) is 3. The lowest BCUT2D eigenvalue weighted by atomic mass is 10.2. The summed E-state index contributed by atoms with van der Waals surface area (Å²) in [4.78, 5) is 4.54. The van der Waals surface area contributed by atoms with Crippen LogP contribution in [0.1, 0.15) is 30.8 Å². The Morgan fingerprint density at radius 3 is 2.43 bits per heavy atom. The molecule has 132 valence electrons. The minimum absolute atomic E-state index is 0.0840. The third-order valence-electron chi connectivity index (χ3n) is 3.52. The van der Waals surface area contributed by atoms with Gasteiger partial charge in [-0.25, -0.2) is 18.1 Å². The molecule has 1 heterocycles. The van der Waals surface area contributed by atoms with Crippen LogP contribution in [0.4, 0.5) is 0 Å². The molecule has 0 spiro atoms. The fourth-order valence-corrected chi connectivity index (χ4v) is 2.65. The smallest absolute Gasteiger partial charge is 0.211 e. The Morgan fingerprint density at radius 1 is 1.22 bits per heavy atom. The largest absolute Gasteiger partial charge is 0.357 e. The van der Waals surface area contributed by atoms with Gasteiger partial charge in [0.05, 0.1) is 18.0 Å². The molecule has 0 fully saturated rings. The second kappa shape index (κ2) is 8.88. The number of aromatic nitrogens is 2. The summed E-state index contributed by atoms with van der Waals surface area (Å²) in [5, 5.41) is 10.6. The molecule has 9 heteroatoms. The molecule has 0 aliphatic carbocycles. The Hall–Kier alpha value is -1.61. The van der Waals surface area contributed by atoms with Gasteiger partial charge in [-0.2, -0.15) is 5.10 Å². The molecule has 0 aliphatic rings. The molecule has 0 atom stereocenters. The first kappa shape index (κ1) is 19.4. The van der Waals surface area contributed by atoms with Gasteiger partial charge in [0.1, 0.15) is 0 Å². The molecule has 0 amide bonds. The molecule has 1 aromatic heterocycles. The summed E-state index contributed by atoms with van der Waals surface area (Å²) in [6.07, 6.45) is 0. The van der Waals surface area contributed by atoms with E-state index in [1.54, 1.807) is 6.92 Å². The summed E-state index contributed by atoms with van der Waals surface area (Å²) < 4.78 is 27.1. The SMILES string of the molecule is CCNC(=NCc1c(C)nn(C)c1C)NCCNS(=O)(=O)CC. The third kappa shape index (κ3) is 6.19. The van der Waals surface area contributed by atoms with E-state index in [1.807, 2.05) is 32.5 Å². The highest BCUT2D eigenvalue weighted by Gasteiger charge is 2.09. The molecule has 0 aliphatic heterocycles. The van der Waals surface area contributed by atoms with Crippen molar-refractivity contribution in [3.8, 4) is 0 Å². The van der Waals surface area contributed by atoms with Crippen molar-refractivity contribution in [1.82, 2.24) is 25.1 Å². The van der Waals surface area contributed by atoms with Crippen LogP contribution in [-0.2, 0) is 23.6 Å². The summed E-state index contributed by atoms with van der Waals surface area (Å²) in [5.74, 6) is 0.742. The number of sulfonamides is 1. The lowest BCUT2D eigenvalue weighted by Crippen LogP contribution is -2.41. The number of nitrogens with zero attached hydrogens (tertiary/aromatic N) is 3. The van der Waals surface area contributed by atoms with E-state index in [0.717, 1.165) is 23.5 Å². The highest BCUT2D eigenvalue weighted by molar-refractivity contribution is 7.89. The van der Waals surface area contributed by atoms with Crippen LogP contribution in [0.25, 0.3) is 0 Å². The van der Waals surface area contributed by atoms with E-state index in [2.05, 4.69) is 25.4 Å². The fraction of sp³-hybridized carbons (Fsp3) is 0.714. The first-order valence-electron chi connectivity index (χ1n) is 7.79. The van der Waals surface area contributed by atoms with Crippen molar-refractivity contribution in [2.75, 3.05) is 25.4 Å². The van der Waals surface area contributed by atoms with Gasteiger partial charge in [-0.3, -0.25) is 4.68 Å². The molecule has 0 aromatic carbocycles. The average molecular weight is 344 g/mol. The minimum Gasteiger partial charge on any atom is -0.357 e. The van der Waals surface area contributed by atoms with E-state index in [1.165, 1.54) is 0 Å². The van der Waals surface area contributed by atoms with Gasteiger partial charge in [0, 0.05) is 37.9 Å². The van der Waals surface area contributed by atoms with Crippen LogP contribution in [0.5, 0.6) is 0 Å². The van der Waals surface area contributed by atoms with Crippen LogP contribution >= 0.6 is 0 Å². The lowest BCUT2D eigenvalue weighted by molar-refractivity contribution is 0.582. The van der Waals surface area contributed by atoms with Gasteiger partial charge in [-0.05, 0) is 27.7 Å². The maximum absolute atomic E-state index is 11.4. The lowest BCUT2D eigenvalue weighted by Gasteiger charge is -2.12. The number of aliphatic imine (C=N–C) groups is 1. The van der Waals surface area contributed by atoms with Gasteiger partial charge in [-0.1, -0.05) is 0 Å². The Morgan fingerprint density at radius 2 is 1.91 bits per heavy atom. The van der Waals surface area contributed by atoms with Crippen molar-refractivity contribution in [3.05, 3.63) is 17.0 Å². The molecule has 0 bridgehead atoms. The number of hydrogen-bond acceptors (Lipinski definition) is 4. The predicted molar refractivity (Wildman–Crippen MR) is 93.0 cm³/mol.